The van der Waals surface area contributed by atoms with E-state index in [9.17, 15) is 0 Å². The molecule has 0 saturated carbocycles. The Bertz CT molecular complexity index is 384. The van der Waals surface area contributed by atoms with Gasteiger partial charge in [-0.2, -0.15) is 0 Å². The number of aliphatic imine (C=N–C) groups is 1. The van der Waals surface area contributed by atoms with Crippen LogP contribution in [0.5, 0.6) is 0 Å². The van der Waals surface area contributed by atoms with Gasteiger partial charge in [-0.15, -0.1) is 0 Å². The molecule has 0 bridgehead atoms. The summed E-state index contributed by atoms with van der Waals surface area (Å²) >= 11 is 0. The number of rotatable bonds is 1. The standard InChI is InChI=1S/C13H18N2O/c1-10-9-13(2,3)15-12(16-10)14-11-7-5-4-6-8-11/h4-8,10H,9H2,1-3H3,(H,14,15). The molecule has 0 radical (unpaired) electrons. The summed E-state index contributed by atoms with van der Waals surface area (Å²) in [6, 6.07) is 10.6. The molecule has 1 aliphatic rings. The van der Waals surface area contributed by atoms with E-state index in [1.165, 1.54) is 0 Å². The van der Waals surface area contributed by atoms with Gasteiger partial charge in [-0.05, 0) is 32.9 Å². The highest BCUT2D eigenvalue weighted by Gasteiger charge is 2.28. The van der Waals surface area contributed by atoms with Crippen LogP contribution in [0.15, 0.2) is 35.3 Å². The van der Waals surface area contributed by atoms with E-state index >= 15 is 0 Å². The lowest BCUT2D eigenvalue weighted by Gasteiger charge is -2.31. The van der Waals surface area contributed by atoms with Crippen LogP contribution in [0.1, 0.15) is 27.2 Å². The molecule has 0 aromatic heterocycles. The molecule has 0 saturated heterocycles. The van der Waals surface area contributed by atoms with Crippen molar-refractivity contribution >= 4 is 11.7 Å². The van der Waals surface area contributed by atoms with Crippen LogP contribution < -0.4 is 5.32 Å². The average Bonchev–Trinajstić information content (AvgIpc) is 2.15. The molecule has 0 fully saturated rings. The van der Waals surface area contributed by atoms with Crippen LogP contribution >= 0.6 is 0 Å². The molecule has 1 aliphatic heterocycles. The topological polar surface area (TPSA) is 33.6 Å². The largest absolute Gasteiger partial charge is 0.462 e. The molecule has 0 amide bonds. The maximum atomic E-state index is 5.66. The third-order valence-corrected chi connectivity index (χ3v) is 2.53. The maximum absolute atomic E-state index is 5.66. The van der Waals surface area contributed by atoms with Crippen LogP contribution in [-0.4, -0.2) is 17.7 Å². The van der Waals surface area contributed by atoms with Crippen molar-refractivity contribution in [3.8, 4) is 0 Å². The van der Waals surface area contributed by atoms with Gasteiger partial charge in [-0.3, -0.25) is 0 Å². The van der Waals surface area contributed by atoms with Crippen LogP contribution in [0.4, 0.5) is 5.69 Å². The molecule has 1 aromatic rings. The number of nitrogens with one attached hydrogen (secondary N) is 1. The van der Waals surface area contributed by atoms with Gasteiger partial charge >= 0.3 is 0 Å². The van der Waals surface area contributed by atoms with Gasteiger partial charge in [0, 0.05) is 12.1 Å². The fraction of sp³-hybridized carbons (Fsp3) is 0.462. The number of hydrogen-bond acceptors (Lipinski definition) is 3. The fourth-order valence-corrected chi connectivity index (χ4v) is 1.98. The van der Waals surface area contributed by atoms with E-state index in [0.717, 1.165) is 12.1 Å². The van der Waals surface area contributed by atoms with Gasteiger partial charge in [-0.1, -0.05) is 18.2 Å². The third-order valence-electron chi connectivity index (χ3n) is 2.53. The summed E-state index contributed by atoms with van der Waals surface area (Å²) in [4.78, 5) is 4.54. The number of amidine groups is 1. The molecule has 1 N–H and O–H groups in total. The average molecular weight is 218 g/mol. The van der Waals surface area contributed by atoms with E-state index in [4.69, 9.17) is 4.74 Å². The molecule has 3 heteroatoms. The van der Waals surface area contributed by atoms with E-state index in [-0.39, 0.29) is 11.6 Å². The second kappa shape index (κ2) is 4.16. The van der Waals surface area contributed by atoms with Gasteiger partial charge in [0.2, 0.25) is 0 Å². The second-order valence-electron chi connectivity index (χ2n) is 4.85. The number of nitrogens with zero attached hydrogens (tertiary/aromatic N) is 1. The Morgan fingerprint density at radius 2 is 2.00 bits per heavy atom. The van der Waals surface area contributed by atoms with Crippen molar-refractivity contribution in [1.82, 2.24) is 0 Å². The molecule has 1 unspecified atom stereocenters. The van der Waals surface area contributed by atoms with Gasteiger partial charge < -0.3 is 10.1 Å². The fourth-order valence-electron chi connectivity index (χ4n) is 1.98. The van der Waals surface area contributed by atoms with Crippen LogP contribution in [0.25, 0.3) is 0 Å². The molecule has 86 valence electrons. The molecular formula is C13H18N2O. The number of benzene rings is 1. The minimum atomic E-state index is -0.0468. The van der Waals surface area contributed by atoms with Gasteiger partial charge in [0.1, 0.15) is 6.10 Å². The van der Waals surface area contributed by atoms with E-state index in [0.29, 0.717) is 6.02 Å². The Labute approximate surface area is 96.5 Å². The van der Waals surface area contributed by atoms with Crippen molar-refractivity contribution in [2.24, 2.45) is 4.99 Å². The lowest BCUT2D eigenvalue weighted by atomic mass is 9.97. The lowest BCUT2D eigenvalue weighted by Crippen LogP contribution is -2.36. The van der Waals surface area contributed by atoms with Crippen molar-refractivity contribution in [3.63, 3.8) is 0 Å². The van der Waals surface area contributed by atoms with Crippen LogP contribution in [0.2, 0.25) is 0 Å². The highest BCUT2D eigenvalue weighted by atomic mass is 16.5. The Morgan fingerprint density at radius 1 is 1.31 bits per heavy atom. The maximum Gasteiger partial charge on any atom is 0.289 e. The monoisotopic (exact) mass is 218 g/mol. The number of anilines is 1. The van der Waals surface area contributed by atoms with E-state index in [1.54, 1.807) is 0 Å². The predicted octanol–water partition coefficient (Wildman–Crippen LogP) is 3.04. The Morgan fingerprint density at radius 3 is 2.62 bits per heavy atom. The van der Waals surface area contributed by atoms with Gasteiger partial charge in [0.05, 0.1) is 5.54 Å². The van der Waals surface area contributed by atoms with Gasteiger partial charge in [-0.25, -0.2) is 4.99 Å². The van der Waals surface area contributed by atoms with Crippen molar-refractivity contribution < 1.29 is 4.74 Å². The number of ether oxygens (including phenoxy) is 1. The first-order chi connectivity index (χ1) is 7.55. The number of para-hydroxylation sites is 1. The summed E-state index contributed by atoms with van der Waals surface area (Å²) in [6.07, 6.45) is 1.16. The van der Waals surface area contributed by atoms with Crippen LogP contribution in [0, 0.1) is 0 Å². The van der Waals surface area contributed by atoms with Crippen LogP contribution in [-0.2, 0) is 4.74 Å². The molecule has 1 aromatic carbocycles. The Hall–Kier alpha value is -1.51. The molecule has 0 spiro atoms. The summed E-state index contributed by atoms with van der Waals surface area (Å²) in [7, 11) is 0. The molecular weight excluding hydrogens is 200 g/mol. The summed E-state index contributed by atoms with van der Waals surface area (Å²) in [6.45, 7) is 6.32. The Kier molecular flexibility index (Phi) is 2.86. The van der Waals surface area contributed by atoms with E-state index < -0.39 is 0 Å². The first-order valence-corrected chi connectivity index (χ1v) is 5.64. The van der Waals surface area contributed by atoms with E-state index in [1.807, 2.05) is 30.3 Å². The molecule has 1 heterocycles. The predicted molar refractivity (Wildman–Crippen MR) is 66.7 cm³/mol. The normalized spacial score (nSPS) is 23.2. The molecule has 1 atom stereocenters. The van der Waals surface area contributed by atoms with Crippen molar-refractivity contribution in [2.75, 3.05) is 5.32 Å². The van der Waals surface area contributed by atoms with Crippen molar-refractivity contribution in [3.05, 3.63) is 30.3 Å². The van der Waals surface area contributed by atoms with Crippen molar-refractivity contribution in [1.29, 1.82) is 0 Å². The molecule has 16 heavy (non-hydrogen) atoms. The first kappa shape index (κ1) is 11.0. The van der Waals surface area contributed by atoms with E-state index in [2.05, 4.69) is 31.1 Å². The zero-order chi connectivity index (χ0) is 11.6. The minimum absolute atomic E-state index is 0.0468. The minimum Gasteiger partial charge on any atom is -0.462 e. The summed E-state index contributed by atoms with van der Waals surface area (Å²) in [5, 5.41) is 3.19. The van der Waals surface area contributed by atoms with Gasteiger partial charge in [0.25, 0.3) is 6.02 Å². The van der Waals surface area contributed by atoms with Gasteiger partial charge in [0.15, 0.2) is 0 Å². The molecule has 3 nitrogen and oxygen atoms in total. The lowest BCUT2D eigenvalue weighted by molar-refractivity contribution is 0.144. The molecule has 0 aliphatic carbocycles. The highest BCUT2D eigenvalue weighted by molar-refractivity contribution is 5.89. The summed E-state index contributed by atoms with van der Waals surface area (Å²) in [5.74, 6) is 0. The first-order valence-electron chi connectivity index (χ1n) is 5.64. The SMILES string of the molecule is CC1CC(C)(C)N=C(Nc2ccccc2)O1. The smallest absolute Gasteiger partial charge is 0.289 e. The number of hydrogen-bond donors (Lipinski definition) is 1. The molecule has 2 rings (SSSR count). The second-order valence-corrected chi connectivity index (χ2v) is 4.85. The Balaban J connectivity index is 2.13. The van der Waals surface area contributed by atoms with Crippen molar-refractivity contribution in [2.45, 2.75) is 38.8 Å². The van der Waals surface area contributed by atoms with Crippen LogP contribution in [0.3, 0.4) is 0 Å². The third kappa shape index (κ3) is 2.75. The summed E-state index contributed by atoms with van der Waals surface area (Å²) < 4.78 is 5.66. The quantitative estimate of drug-likeness (QED) is 0.786. The zero-order valence-corrected chi connectivity index (χ0v) is 10.0. The zero-order valence-electron chi connectivity index (χ0n) is 10.0. The summed E-state index contributed by atoms with van der Waals surface area (Å²) in [5.41, 5.74) is 0.959. The highest BCUT2D eigenvalue weighted by Crippen LogP contribution is 2.24.